The van der Waals surface area contributed by atoms with Gasteiger partial charge in [-0.1, -0.05) is 11.6 Å². The van der Waals surface area contributed by atoms with E-state index < -0.39 is 17.7 Å². The average molecular weight is 430 g/mol. The molecular formula is C20H17ClFN5O3. The molecule has 3 aromatic heterocycles. The number of ether oxygens (including phenoxy) is 1. The van der Waals surface area contributed by atoms with Crippen LogP contribution in [0, 0.1) is 23.6 Å². The molecule has 2 aliphatic carbocycles. The minimum atomic E-state index is -0.625. The van der Waals surface area contributed by atoms with Crippen molar-refractivity contribution >= 4 is 40.9 Å². The van der Waals surface area contributed by atoms with Crippen LogP contribution in [0.25, 0.3) is 22.4 Å². The van der Waals surface area contributed by atoms with Gasteiger partial charge in [-0.05, 0) is 37.2 Å². The highest BCUT2D eigenvalue weighted by Gasteiger charge is 2.52. The molecule has 3 aromatic rings. The summed E-state index contributed by atoms with van der Waals surface area (Å²) >= 11 is 6.05. The maximum atomic E-state index is 14.6. The van der Waals surface area contributed by atoms with Gasteiger partial charge in [0.25, 0.3) is 0 Å². The minimum Gasteiger partial charge on any atom is -0.395 e. The normalized spacial score (nSPS) is 24.9. The van der Waals surface area contributed by atoms with Crippen LogP contribution in [0.4, 0.5) is 10.2 Å². The van der Waals surface area contributed by atoms with E-state index >= 15 is 0 Å². The molecular weight excluding hydrogens is 413 g/mol. The van der Waals surface area contributed by atoms with Crippen molar-refractivity contribution < 1.29 is 18.7 Å². The van der Waals surface area contributed by atoms with Crippen molar-refractivity contribution in [2.75, 3.05) is 5.32 Å². The van der Waals surface area contributed by atoms with Crippen molar-refractivity contribution in [2.24, 2.45) is 17.8 Å². The van der Waals surface area contributed by atoms with E-state index in [9.17, 15) is 14.0 Å². The fourth-order valence-corrected chi connectivity index (χ4v) is 5.04. The number of rotatable bonds is 5. The van der Waals surface area contributed by atoms with Gasteiger partial charge in [0.15, 0.2) is 17.5 Å². The van der Waals surface area contributed by atoms with Gasteiger partial charge in [0.05, 0.1) is 17.1 Å². The molecule has 3 heterocycles. The molecule has 2 bridgehead atoms. The number of nitrogens with zero attached hydrogens (tertiary/aromatic N) is 3. The summed E-state index contributed by atoms with van der Waals surface area (Å²) in [4.78, 5) is 38.7. The molecule has 2 aliphatic rings. The van der Waals surface area contributed by atoms with E-state index in [4.69, 9.17) is 11.6 Å². The number of hydrogen-bond donors (Lipinski definition) is 2. The number of aromatic nitrogens is 4. The van der Waals surface area contributed by atoms with Gasteiger partial charge in [-0.3, -0.25) is 9.59 Å². The number of nitrogens with one attached hydrogen (secondary N) is 2. The van der Waals surface area contributed by atoms with Crippen molar-refractivity contribution in [1.29, 1.82) is 0 Å². The number of halogens is 2. The molecule has 2 N–H and O–H groups in total. The smallest absolute Gasteiger partial charge is 0.318 e. The number of esters is 1. The first-order chi connectivity index (χ1) is 14.5. The van der Waals surface area contributed by atoms with Gasteiger partial charge in [-0.15, -0.1) is 0 Å². The van der Waals surface area contributed by atoms with E-state index in [2.05, 4.69) is 30.0 Å². The number of carbonyl (C=O) groups excluding carboxylic acids is 2. The molecule has 8 nitrogen and oxygen atoms in total. The van der Waals surface area contributed by atoms with Gasteiger partial charge >= 0.3 is 12.4 Å². The van der Waals surface area contributed by atoms with Crippen LogP contribution in [0.1, 0.15) is 19.3 Å². The predicted molar refractivity (Wildman–Crippen MR) is 106 cm³/mol. The monoisotopic (exact) mass is 429 g/mol. The quantitative estimate of drug-likeness (QED) is 0.363. The summed E-state index contributed by atoms with van der Waals surface area (Å²) in [7, 11) is 0. The fourth-order valence-electron chi connectivity index (χ4n) is 4.88. The van der Waals surface area contributed by atoms with Crippen molar-refractivity contribution in [2.45, 2.75) is 25.3 Å². The topological polar surface area (TPSA) is 110 Å². The van der Waals surface area contributed by atoms with Crippen molar-refractivity contribution in [1.82, 2.24) is 19.9 Å². The summed E-state index contributed by atoms with van der Waals surface area (Å²) in [5.41, 5.74) is 1.24. The lowest BCUT2D eigenvalue weighted by molar-refractivity contribution is -0.156. The van der Waals surface area contributed by atoms with Crippen molar-refractivity contribution in [3.05, 3.63) is 35.5 Å². The van der Waals surface area contributed by atoms with Gasteiger partial charge < -0.3 is 15.0 Å². The Labute approximate surface area is 175 Å². The molecule has 154 valence electrons. The lowest BCUT2D eigenvalue weighted by Crippen LogP contribution is -2.40. The molecule has 2 saturated carbocycles. The van der Waals surface area contributed by atoms with Gasteiger partial charge in [0.1, 0.15) is 5.65 Å². The Kier molecular flexibility index (Phi) is 4.62. The standard InChI is InChI=1S/C20H17ClFN5O3/c21-11-4-12-13(6-24-17(12)23-5-11)18-25-7-14(22)19(27-18)26-16-10-2-1-9(3-10)15(16)20(29)30-8-28/h4-10,15-16H,1-3H2,(H,23,24)(H,25,26,27). The number of pyridine rings is 1. The van der Waals surface area contributed by atoms with Crippen LogP contribution in [0.2, 0.25) is 5.02 Å². The summed E-state index contributed by atoms with van der Waals surface area (Å²) in [6.07, 6.45) is 6.96. The molecule has 4 atom stereocenters. The zero-order chi connectivity index (χ0) is 20.8. The van der Waals surface area contributed by atoms with Crippen LogP contribution in [0.15, 0.2) is 24.7 Å². The molecule has 0 radical (unpaired) electrons. The summed E-state index contributed by atoms with van der Waals surface area (Å²) in [5.74, 6) is -1.11. The second-order valence-corrected chi connectivity index (χ2v) is 8.14. The van der Waals surface area contributed by atoms with E-state index in [0.717, 1.165) is 25.5 Å². The first-order valence-corrected chi connectivity index (χ1v) is 9.99. The molecule has 0 amide bonds. The molecule has 30 heavy (non-hydrogen) atoms. The van der Waals surface area contributed by atoms with Gasteiger partial charge in [-0.25, -0.2) is 19.3 Å². The molecule has 0 spiro atoms. The molecule has 4 unspecified atom stereocenters. The first-order valence-electron chi connectivity index (χ1n) is 9.61. The Bertz CT molecular complexity index is 1150. The van der Waals surface area contributed by atoms with Crippen LogP contribution in [0.5, 0.6) is 0 Å². The third kappa shape index (κ3) is 3.09. The van der Waals surface area contributed by atoms with Crippen molar-refractivity contribution in [3.8, 4) is 11.4 Å². The van der Waals surface area contributed by atoms with Crippen LogP contribution < -0.4 is 5.32 Å². The number of fused-ring (bicyclic) bond motifs is 3. The molecule has 10 heteroatoms. The number of carbonyl (C=O) groups is 2. The lowest BCUT2D eigenvalue weighted by atomic mass is 9.84. The summed E-state index contributed by atoms with van der Waals surface area (Å²) in [6, 6.07) is 1.38. The highest BCUT2D eigenvalue weighted by molar-refractivity contribution is 6.31. The van der Waals surface area contributed by atoms with Crippen molar-refractivity contribution in [3.63, 3.8) is 0 Å². The molecule has 0 aromatic carbocycles. The third-order valence-corrected chi connectivity index (χ3v) is 6.35. The van der Waals surface area contributed by atoms with E-state index in [1.165, 1.54) is 6.20 Å². The Morgan fingerprint density at radius 1 is 1.30 bits per heavy atom. The van der Waals surface area contributed by atoms with Crippen LogP contribution in [0.3, 0.4) is 0 Å². The van der Waals surface area contributed by atoms with E-state index in [-0.39, 0.29) is 30.2 Å². The molecule has 0 aliphatic heterocycles. The van der Waals surface area contributed by atoms with Crippen LogP contribution >= 0.6 is 11.6 Å². The van der Waals surface area contributed by atoms with Gasteiger partial charge in [0.2, 0.25) is 0 Å². The zero-order valence-electron chi connectivity index (χ0n) is 15.6. The van der Waals surface area contributed by atoms with E-state index in [1.807, 2.05) is 0 Å². The number of aromatic amines is 1. The zero-order valence-corrected chi connectivity index (χ0v) is 16.4. The molecule has 5 rings (SSSR count). The minimum absolute atomic E-state index is 0.00536. The van der Waals surface area contributed by atoms with Gasteiger partial charge in [0, 0.05) is 29.4 Å². The summed E-state index contributed by atoms with van der Waals surface area (Å²) < 4.78 is 19.2. The number of H-pyrrole nitrogens is 1. The number of hydrogen-bond acceptors (Lipinski definition) is 7. The van der Waals surface area contributed by atoms with Gasteiger partial charge in [-0.2, -0.15) is 0 Å². The van der Waals surface area contributed by atoms with E-state index in [0.29, 0.717) is 27.4 Å². The average Bonchev–Trinajstić information content (AvgIpc) is 3.44. The highest BCUT2D eigenvalue weighted by atomic mass is 35.5. The largest absolute Gasteiger partial charge is 0.395 e. The Hall–Kier alpha value is -3.07. The fraction of sp³-hybridized carbons (Fsp3) is 0.350. The Morgan fingerprint density at radius 2 is 2.13 bits per heavy atom. The maximum Gasteiger partial charge on any atom is 0.318 e. The summed E-state index contributed by atoms with van der Waals surface area (Å²) in [5, 5.41) is 4.27. The predicted octanol–water partition coefficient (Wildman–Crippen LogP) is 3.34. The molecule has 0 saturated heterocycles. The first kappa shape index (κ1) is 18.9. The van der Waals surface area contributed by atoms with E-state index in [1.54, 1.807) is 12.3 Å². The molecule has 2 fully saturated rings. The van der Waals surface area contributed by atoms with Crippen LogP contribution in [-0.4, -0.2) is 38.4 Å². The maximum absolute atomic E-state index is 14.6. The second kappa shape index (κ2) is 7.32. The third-order valence-electron chi connectivity index (χ3n) is 6.14. The highest BCUT2D eigenvalue weighted by Crippen LogP contribution is 2.50. The summed E-state index contributed by atoms with van der Waals surface area (Å²) in [6.45, 7) is 0.144. The Morgan fingerprint density at radius 3 is 2.97 bits per heavy atom. The lowest BCUT2D eigenvalue weighted by Gasteiger charge is -2.30. The SMILES string of the molecule is O=COC(=O)C1C2CCC(C2)C1Nc1nc(-c2c[nH]c3ncc(Cl)cc23)ncc1F. The van der Waals surface area contributed by atoms with Crippen LogP contribution in [-0.2, 0) is 14.3 Å². The number of anilines is 1. The Balaban J connectivity index is 1.49. The second-order valence-electron chi connectivity index (χ2n) is 7.70.